The number of hydrogen-bond acceptors (Lipinski definition) is 1. The van der Waals surface area contributed by atoms with Crippen LogP contribution in [0, 0.1) is 0 Å². The van der Waals surface area contributed by atoms with E-state index in [1.54, 1.807) is 0 Å². The summed E-state index contributed by atoms with van der Waals surface area (Å²) in [5.41, 5.74) is 5.76. The van der Waals surface area contributed by atoms with Gasteiger partial charge >= 0.3 is 17.4 Å². The van der Waals surface area contributed by atoms with E-state index in [-0.39, 0.29) is 42.2 Å². The SMILES string of the molecule is Clc1ccc(-c2cc[c-](-c3cccc4cccnc34)c2)cc1.[Cl-].[Cl-].[Cr+3]. The summed E-state index contributed by atoms with van der Waals surface area (Å²) in [6, 6.07) is 24.8. The molecule has 1 aromatic heterocycles. The number of nitrogens with zero attached hydrogens (tertiary/aromatic N) is 1. The van der Waals surface area contributed by atoms with Gasteiger partial charge in [-0.05, 0) is 23.6 Å². The molecule has 0 aliphatic carbocycles. The Morgan fingerprint density at radius 2 is 1.52 bits per heavy atom. The van der Waals surface area contributed by atoms with Crippen molar-refractivity contribution in [2.45, 2.75) is 0 Å². The van der Waals surface area contributed by atoms with Gasteiger partial charge in [0.2, 0.25) is 0 Å². The summed E-state index contributed by atoms with van der Waals surface area (Å²) in [6.07, 6.45) is 1.84. The average Bonchev–Trinajstić information content (AvgIpc) is 3.05. The van der Waals surface area contributed by atoms with Gasteiger partial charge < -0.3 is 24.8 Å². The molecule has 0 atom stereocenters. The fourth-order valence-corrected chi connectivity index (χ4v) is 2.90. The zero-order chi connectivity index (χ0) is 14.9. The zero-order valence-electron chi connectivity index (χ0n) is 13.0. The third kappa shape index (κ3) is 4.42. The third-order valence-electron chi connectivity index (χ3n) is 3.87. The van der Waals surface area contributed by atoms with Crippen LogP contribution in [0.4, 0.5) is 0 Å². The summed E-state index contributed by atoms with van der Waals surface area (Å²) in [5, 5.41) is 1.92. The van der Waals surface area contributed by atoms with Crippen molar-refractivity contribution in [3.05, 3.63) is 84.0 Å². The van der Waals surface area contributed by atoms with E-state index in [1.165, 1.54) is 22.3 Å². The molecule has 1 radical (unpaired) electrons. The number of fused-ring (bicyclic) bond motifs is 1. The number of aromatic nitrogens is 1. The van der Waals surface area contributed by atoms with Crippen LogP contribution in [0.1, 0.15) is 0 Å². The molecule has 25 heavy (non-hydrogen) atoms. The molecule has 125 valence electrons. The average molecular weight is 426 g/mol. The van der Waals surface area contributed by atoms with E-state index in [0.717, 1.165) is 15.9 Å². The second kappa shape index (κ2) is 9.34. The van der Waals surface area contributed by atoms with Crippen LogP contribution >= 0.6 is 11.6 Å². The summed E-state index contributed by atoms with van der Waals surface area (Å²) in [6.45, 7) is 0. The van der Waals surface area contributed by atoms with E-state index in [9.17, 15) is 0 Å². The summed E-state index contributed by atoms with van der Waals surface area (Å²) in [7, 11) is 0. The van der Waals surface area contributed by atoms with Gasteiger partial charge in [0, 0.05) is 16.7 Å². The minimum absolute atomic E-state index is 0. The van der Waals surface area contributed by atoms with Gasteiger partial charge in [-0.2, -0.15) is 0 Å². The van der Waals surface area contributed by atoms with Gasteiger partial charge in [0.05, 0.1) is 0 Å². The molecule has 0 saturated carbocycles. The number of benzene rings is 2. The first kappa shape index (κ1) is 21.6. The van der Waals surface area contributed by atoms with Crippen LogP contribution in [-0.2, 0) is 17.4 Å². The predicted octanol–water partition coefficient (Wildman–Crippen LogP) is -0.0534. The van der Waals surface area contributed by atoms with Crippen molar-refractivity contribution < 1.29 is 42.2 Å². The van der Waals surface area contributed by atoms with Crippen LogP contribution in [0.25, 0.3) is 33.2 Å². The Bertz CT molecular complexity index is 943. The fraction of sp³-hybridized carbons (Fsp3) is 0. The van der Waals surface area contributed by atoms with Gasteiger partial charge in [0.1, 0.15) is 0 Å². The Labute approximate surface area is 175 Å². The van der Waals surface area contributed by atoms with E-state index in [1.807, 2.05) is 36.5 Å². The van der Waals surface area contributed by atoms with Crippen LogP contribution in [-0.4, -0.2) is 4.98 Å². The monoisotopic (exact) mass is 424 g/mol. The van der Waals surface area contributed by atoms with Crippen LogP contribution < -0.4 is 24.8 Å². The smallest absolute Gasteiger partial charge is 1.00 e. The maximum atomic E-state index is 5.96. The van der Waals surface area contributed by atoms with Crippen molar-refractivity contribution in [2.75, 3.05) is 0 Å². The Morgan fingerprint density at radius 1 is 0.800 bits per heavy atom. The van der Waals surface area contributed by atoms with Gasteiger partial charge in [-0.25, -0.2) is 0 Å². The second-order valence-corrected chi connectivity index (χ2v) is 5.71. The molecule has 0 bridgehead atoms. The molecule has 1 heterocycles. The third-order valence-corrected chi connectivity index (χ3v) is 4.13. The van der Waals surface area contributed by atoms with Gasteiger partial charge in [-0.3, -0.25) is 4.98 Å². The van der Waals surface area contributed by atoms with Crippen LogP contribution in [0.15, 0.2) is 79.0 Å². The molecule has 0 unspecified atom stereocenters. The normalized spacial score (nSPS) is 9.64. The van der Waals surface area contributed by atoms with E-state index >= 15 is 0 Å². The number of halogens is 3. The minimum atomic E-state index is 0. The molecule has 4 rings (SSSR count). The van der Waals surface area contributed by atoms with Crippen molar-refractivity contribution in [3.8, 4) is 22.3 Å². The zero-order valence-corrected chi connectivity index (χ0v) is 16.5. The van der Waals surface area contributed by atoms with Crippen molar-refractivity contribution >= 4 is 22.5 Å². The molecular formula is C20H13Cl3CrN. The fourth-order valence-electron chi connectivity index (χ4n) is 2.77. The molecule has 0 spiro atoms. The standard InChI is InChI=1S/C20H13ClN.2ClH.Cr/c21-18-10-8-14(9-11-18)16-6-7-17(13-16)19-5-1-3-15-4-2-12-22-20(15)19;;;/h1-13H;2*1H;/q-1;;;+3/p-2. The Morgan fingerprint density at radius 3 is 2.28 bits per heavy atom. The first-order valence-corrected chi connectivity index (χ1v) is 7.56. The molecular weight excluding hydrogens is 413 g/mol. The first-order valence-electron chi connectivity index (χ1n) is 7.18. The maximum Gasteiger partial charge on any atom is 3.00 e. The minimum Gasteiger partial charge on any atom is -1.00 e. The van der Waals surface area contributed by atoms with Gasteiger partial charge in [-0.1, -0.05) is 58.6 Å². The summed E-state index contributed by atoms with van der Waals surface area (Å²) in [4.78, 5) is 4.53. The van der Waals surface area contributed by atoms with Gasteiger partial charge in [0.15, 0.2) is 0 Å². The topological polar surface area (TPSA) is 12.9 Å². The van der Waals surface area contributed by atoms with Gasteiger partial charge in [0.25, 0.3) is 0 Å². The van der Waals surface area contributed by atoms with E-state index in [4.69, 9.17) is 11.6 Å². The second-order valence-electron chi connectivity index (χ2n) is 5.28. The maximum absolute atomic E-state index is 5.96. The van der Waals surface area contributed by atoms with E-state index < -0.39 is 0 Å². The molecule has 0 fully saturated rings. The molecule has 4 aromatic rings. The molecule has 0 aliphatic heterocycles. The van der Waals surface area contributed by atoms with Crippen molar-refractivity contribution in [1.82, 2.24) is 4.98 Å². The number of para-hydroxylation sites is 1. The summed E-state index contributed by atoms with van der Waals surface area (Å²) in [5.74, 6) is 0. The van der Waals surface area contributed by atoms with Crippen molar-refractivity contribution in [2.24, 2.45) is 0 Å². The van der Waals surface area contributed by atoms with Crippen molar-refractivity contribution in [3.63, 3.8) is 0 Å². The quantitative estimate of drug-likeness (QED) is 0.410. The molecule has 5 heteroatoms. The molecule has 3 aromatic carbocycles. The number of pyridine rings is 1. The number of rotatable bonds is 2. The Hall–Kier alpha value is -1.40. The Kier molecular flexibility index (Phi) is 8.09. The molecule has 0 N–H and O–H groups in total. The molecule has 0 amide bonds. The first-order chi connectivity index (χ1) is 10.8. The van der Waals surface area contributed by atoms with Crippen LogP contribution in [0.3, 0.4) is 0 Å². The van der Waals surface area contributed by atoms with E-state index in [2.05, 4.69) is 47.4 Å². The Balaban J connectivity index is 0.00000104. The summed E-state index contributed by atoms with van der Waals surface area (Å²) < 4.78 is 0. The molecule has 1 nitrogen and oxygen atoms in total. The van der Waals surface area contributed by atoms with Crippen LogP contribution in [0.5, 0.6) is 0 Å². The van der Waals surface area contributed by atoms with E-state index in [0.29, 0.717) is 0 Å². The predicted molar refractivity (Wildman–Crippen MR) is 93.2 cm³/mol. The molecule has 0 aliphatic rings. The van der Waals surface area contributed by atoms with Crippen LogP contribution in [0.2, 0.25) is 5.02 Å². The van der Waals surface area contributed by atoms with Gasteiger partial charge in [-0.15, -0.1) is 29.8 Å². The summed E-state index contributed by atoms with van der Waals surface area (Å²) >= 11 is 5.96. The largest absolute Gasteiger partial charge is 3.00 e. The molecule has 0 saturated heterocycles. The van der Waals surface area contributed by atoms with Crippen molar-refractivity contribution in [1.29, 1.82) is 0 Å². The number of hydrogen-bond donors (Lipinski definition) is 0.